The van der Waals surface area contributed by atoms with Crippen molar-refractivity contribution in [1.29, 1.82) is 0 Å². The van der Waals surface area contributed by atoms with Crippen molar-refractivity contribution in [2.75, 3.05) is 5.73 Å². The van der Waals surface area contributed by atoms with Gasteiger partial charge in [-0.05, 0) is 42.8 Å². The number of para-hydroxylation sites is 1. The van der Waals surface area contributed by atoms with Crippen molar-refractivity contribution < 1.29 is 4.39 Å². The first-order valence-corrected chi connectivity index (χ1v) is 6.32. The van der Waals surface area contributed by atoms with E-state index in [4.69, 9.17) is 5.73 Å². The first-order valence-electron chi connectivity index (χ1n) is 6.32. The molecule has 0 bridgehead atoms. The van der Waals surface area contributed by atoms with Crippen LogP contribution in [0, 0.1) is 12.7 Å². The molecule has 0 aliphatic heterocycles. The highest BCUT2D eigenvalue weighted by Crippen LogP contribution is 2.26. The maximum absolute atomic E-state index is 13.2. The molecule has 0 fully saturated rings. The van der Waals surface area contributed by atoms with Crippen LogP contribution in [-0.2, 0) is 0 Å². The molecule has 0 saturated heterocycles. The van der Waals surface area contributed by atoms with Crippen LogP contribution in [0.15, 0.2) is 54.6 Å². The molecule has 20 heavy (non-hydrogen) atoms. The zero-order valence-electron chi connectivity index (χ0n) is 11.0. The van der Waals surface area contributed by atoms with Gasteiger partial charge in [0.2, 0.25) is 0 Å². The van der Waals surface area contributed by atoms with Crippen LogP contribution in [0.2, 0.25) is 0 Å². The van der Waals surface area contributed by atoms with Gasteiger partial charge in [-0.25, -0.2) is 9.07 Å². The fourth-order valence-electron chi connectivity index (χ4n) is 2.22. The molecule has 0 radical (unpaired) electrons. The fraction of sp³-hybridized carbons (Fsp3) is 0.0625. The summed E-state index contributed by atoms with van der Waals surface area (Å²) in [5.41, 5.74) is 9.37. The summed E-state index contributed by atoms with van der Waals surface area (Å²) in [5.74, 6) is 0.302. The minimum absolute atomic E-state index is 0.248. The van der Waals surface area contributed by atoms with Gasteiger partial charge < -0.3 is 5.73 Å². The van der Waals surface area contributed by atoms with Gasteiger partial charge in [-0.3, -0.25) is 0 Å². The van der Waals surface area contributed by atoms with Gasteiger partial charge in [0.15, 0.2) is 0 Å². The average molecular weight is 267 g/mol. The van der Waals surface area contributed by atoms with Crippen LogP contribution in [0.1, 0.15) is 5.56 Å². The number of aryl methyl sites for hydroxylation is 1. The van der Waals surface area contributed by atoms with Crippen LogP contribution >= 0.6 is 0 Å². The summed E-state index contributed by atoms with van der Waals surface area (Å²) in [6.07, 6.45) is 0. The summed E-state index contributed by atoms with van der Waals surface area (Å²) >= 11 is 0. The van der Waals surface area contributed by atoms with Crippen LogP contribution in [0.3, 0.4) is 0 Å². The predicted octanol–water partition coefficient (Wildman–Crippen LogP) is 3.57. The van der Waals surface area contributed by atoms with Crippen LogP contribution in [0.5, 0.6) is 0 Å². The lowest BCUT2D eigenvalue weighted by atomic mass is 10.1. The molecule has 0 amide bonds. The van der Waals surface area contributed by atoms with E-state index < -0.39 is 0 Å². The molecule has 1 heterocycles. The lowest BCUT2D eigenvalue weighted by Gasteiger charge is -2.04. The molecule has 2 N–H and O–H groups in total. The number of rotatable bonds is 2. The van der Waals surface area contributed by atoms with Crippen LogP contribution in [-0.4, -0.2) is 9.78 Å². The summed E-state index contributed by atoms with van der Waals surface area (Å²) in [5, 5.41) is 4.51. The highest BCUT2D eigenvalue weighted by molar-refractivity contribution is 5.66. The molecule has 100 valence electrons. The molecular weight excluding hydrogens is 253 g/mol. The Kier molecular flexibility index (Phi) is 2.99. The largest absolute Gasteiger partial charge is 0.384 e. The van der Waals surface area contributed by atoms with Gasteiger partial charge in [0.25, 0.3) is 0 Å². The summed E-state index contributed by atoms with van der Waals surface area (Å²) < 4.78 is 14.8. The Labute approximate surface area is 116 Å². The minimum Gasteiger partial charge on any atom is -0.384 e. The normalized spacial score (nSPS) is 10.7. The van der Waals surface area contributed by atoms with Crippen LogP contribution < -0.4 is 5.73 Å². The molecule has 4 heteroatoms. The van der Waals surface area contributed by atoms with E-state index in [9.17, 15) is 4.39 Å². The Hall–Kier alpha value is -2.62. The van der Waals surface area contributed by atoms with Crippen molar-refractivity contribution in [3.8, 4) is 16.9 Å². The van der Waals surface area contributed by atoms with Gasteiger partial charge in [-0.2, -0.15) is 5.10 Å². The summed E-state index contributed by atoms with van der Waals surface area (Å²) in [7, 11) is 0. The number of hydrogen-bond acceptors (Lipinski definition) is 2. The third kappa shape index (κ3) is 2.16. The molecule has 0 unspecified atom stereocenters. The number of aromatic nitrogens is 2. The van der Waals surface area contributed by atoms with Crippen molar-refractivity contribution in [1.82, 2.24) is 9.78 Å². The van der Waals surface area contributed by atoms with E-state index in [0.29, 0.717) is 5.82 Å². The Morgan fingerprint density at radius 2 is 1.80 bits per heavy atom. The number of halogens is 1. The number of hydrogen-bond donors (Lipinski definition) is 1. The van der Waals surface area contributed by atoms with E-state index in [0.717, 1.165) is 22.5 Å². The Morgan fingerprint density at radius 1 is 1.05 bits per heavy atom. The average Bonchev–Trinajstić information content (AvgIpc) is 2.81. The van der Waals surface area contributed by atoms with Crippen LogP contribution in [0.4, 0.5) is 10.2 Å². The van der Waals surface area contributed by atoms with Gasteiger partial charge in [0, 0.05) is 11.6 Å². The Bertz CT molecular complexity index is 748. The summed E-state index contributed by atoms with van der Waals surface area (Å²) in [6.45, 7) is 1.86. The molecule has 3 rings (SSSR count). The monoisotopic (exact) mass is 267 g/mol. The number of anilines is 1. The van der Waals surface area contributed by atoms with Gasteiger partial charge >= 0.3 is 0 Å². The van der Waals surface area contributed by atoms with Gasteiger partial charge in [0.05, 0.1) is 11.4 Å². The molecule has 2 aromatic carbocycles. The number of nitrogens with two attached hydrogens (primary N) is 1. The maximum Gasteiger partial charge on any atom is 0.127 e. The van der Waals surface area contributed by atoms with Crippen molar-refractivity contribution >= 4 is 5.82 Å². The zero-order valence-corrected chi connectivity index (χ0v) is 11.0. The number of nitrogens with zero attached hydrogens (tertiary/aromatic N) is 2. The lowest BCUT2D eigenvalue weighted by molar-refractivity contribution is 0.627. The highest BCUT2D eigenvalue weighted by Gasteiger charge is 2.11. The smallest absolute Gasteiger partial charge is 0.127 e. The molecule has 0 aliphatic rings. The second kappa shape index (κ2) is 4.81. The van der Waals surface area contributed by atoms with Crippen molar-refractivity contribution in [3.63, 3.8) is 0 Å². The van der Waals surface area contributed by atoms with Crippen molar-refractivity contribution in [2.45, 2.75) is 6.92 Å². The van der Waals surface area contributed by atoms with Gasteiger partial charge in [-0.1, -0.05) is 18.2 Å². The van der Waals surface area contributed by atoms with Crippen molar-refractivity contribution in [2.24, 2.45) is 0 Å². The maximum atomic E-state index is 13.2. The first kappa shape index (κ1) is 12.4. The van der Waals surface area contributed by atoms with E-state index in [1.807, 2.05) is 37.3 Å². The lowest BCUT2D eigenvalue weighted by Crippen LogP contribution is -2.01. The second-order valence-corrected chi connectivity index (χ2v) is 4.66. The molecule has 0 spiro atoms. The van der Waals surface area contributed by atoms with E-state index in [1.165, 1.54) is 12.1 Å². The molecule has 0 atom stereocenters. The standard InChI is InChI=1S/C16H14FN3/c1-11-9-12(17)7-8-14(11)15-10-16(18)20(19-15)13-5-3-2-4-6-13/h2-10H,18H2,1H3. The van der Waals surface area contributed by atoms with E-state index in [1.54, 1.807) is 16.8 Å². The minimum atomic E-state index is -0.248. The topological polar surface area (TPSA) is 43.8 Å². The molecule has 0 saturated carbocycles. The number of benzene rings is 2. The summed E-state index contributed by atoms with van der Waals surface area (Å²) in [6, 6.07) is 16.1. The third-order valence-corrected chi connectivity index (χ3v) is 3.20. The Balaban J connectivity index is 2.09. The quantitative estimate of drug-likeness (QED) is 0.771. The fourth-order valence-corrected chi connectivity index (χ4v) is 2.22. The molecule has 1 aromatic heterocycles. The first-order chi connectivity index (χ1) is 9.65. The molecule has 3 aromatic rings. The zero-order chi connectivity index (χ0) is 14.1. The van der Waals surface area contributed by atoms with E-state index in [-0.39, 0.29) is 5.82 Å². The summed E-state index contributed by atoms with van der Waals surface area (Å²) in [4.78, 5) is 0. The van der Waals surface area contributed by atoms with E-state index in [2.05, 4.69) is 5.10 Å². The molecule has 0 aliphatic carbocycles. The van der Waals surface area contributed by atoms with Crippen molar-refractivity contribution in [3.05, 3.63) is 66.0 Å². The molecule has 3 nitrogen and oxygen atoms in total. The van der Waals surface area contributed by atoms with Crippen LogP contribution in [0.25, 0.3) is 16.9 Å². The van der Waals surface area contributed by atoms with Gasteiger partial charge in [-0.15, -0.1) is 0 Å². The Morgan fingerprint density at radius 3 is 2.50 bits per heavy atom. The molecular formula is C16H14FN3. The van der Waals surface area contributed by atoms with E-state index >= 15 is 0 Å². The number of nitrogen functional groups attached to an aromatic ring is 1. The predicted molar refractivity (Wildman–Crippen MR) is 78.1 cm³/mol. The highest BCUT2D eigenvalue weighted by atomic mass is 19.1. The SMILES string of the molecule is Cc1cc(F)ccc1-c1cc(N)n(-c2ccccc2)n1. The van der Waals surface area contributed by atoms with Gasteiger partial charge in [0.1, 0.15) is 11.6 Å². The third-order valence-electron chi connectivity index (χ3n) is 3.20. The second-order valence-electron chi connectivity index (χ2n) is 4.66.